The molecule has 0 radical (unpaired) electrons. The largest absolute Gasteiger partial charge is 0.225 e. The molecule has 1 unspecified atom stereocenters. The smallest absolute Gasteiger partial charge is 0.0758 e. The normalized spacial score (nSPS) is 12.4. The molecule has 0 amide bonds. The van der Waals surface area contributed by atoms with Gasteiger partial charge in [-0.3, -0.25) is 0 Å². The molecule has 0 aliphatic carbocycles. The Balaban J connectivity index is 2.63. The summed E-state index contributed by atoms with van der Waals surface area (Å²) >= 11 is 4.51. The highest BCUT2D eigenvalue weighted by atomic mass is 32.1. The minimum absolute atomic E-state index is 0.109. The highest BCUT2D eigenvalue weighted by molar-refractivity contribution is 7.78. The highest BCUT2D eigenvalue weighted by Crippen LogP contribution is 2.02. The van der Waals surface area contributed by atoms with Crippen LogP contribution in [0.2, 0.25) is 0 Å². The maximum atomic E-state index is 4.51. The lowest BCUT2D eigenvalue weighted by atomic mass is 10.2. The molecule has 1 aromatic rings. The molecule has 2 heteroatoms. The van der Waals surface area contributed by atoms with E-state index in [0.29, 0.717) is 0 Å². The van der Waals surface area contributed by atoms with E-state index in [1.165, 1.54) is 5.56 Å². The van der Waals surface area contributed by atoms with Gasteiger partial charge >= 0.3 is 0 Å². The molecule has 0 saturated carbocycles. The Labute approximate surface area is 83.8 Å². The fourth-order valence-electron chi connectivity index (χ4n) is 0.941. The van der Waals surface area contributed by atoms with Gasteiger partial charge in [0, 0.05) is 0 Å². The van der Waals surface area contributed by atoms with E-state index >= 15 is 0 Å². The number of hydrogen-bond donors (Lipinski definition) is 0. The van der Waals surface area contributed by atoms with Crippen LogP contribution in [0.4, 0.5) is 0 Å². The minimum atomic E-state index is 0.109. The Morgan fingerprint density at radius 2 is 2.08 bits per heavy atom. The number of thiocarbonyl (C=S) groups is 1. The molecule has 1 aromatic carbocycles. The van der Waals surface area contributed by atoms with Gasteiger partial charge in [0.15, 0.2) is 0 Å². The molecule has 0 bridgehead atoms. The molecule has 1 atom stereocenters. The van der Waals surface area contributed by atoms with Gasteiger partial charge in [-0.2, -0.15) is 0 Å². The van der Waals surface area contributed by atoms with Gasteiger partial charge in [-0.05, 0) is 24.7 Å². The van der Waals surface area contributed by atoms with Crippen LogP contribution in [-0.4, -0.2) is 11.2 Å². The third-order valence-corrected chi connectivity index (χ3v) is 1.73. The van der Waals surface area contributed by atoms with Crippen LogP contribution in [0.3, 0.4) is 0 Å². The molecule has 0 saturated heterocycles. The van der Waals surface area contributed by atoms with E-state index in [0.717, 1.165) is 0 Å². The lowest BCUT2D eigenvalue weighted by Crippen LogP contribution is -1.88. The predicted molar refractivity (Wildman–Crippen MR) is 60.0 cm³/mol. The van der Waals surface area contributed by atoms with E-state index in [1.54, 1.807) is 0 Å². The van der Waals surface area contributed by atoms with Crippen molar-refractivity contribution in [3.8, 4) is 0 Å². The summed E-state index contributed by atoms with van der Waals surface area (Å²) < 4.78 is 0. The number of nitrogens with zero attached hydrogens (tertiary/aromatic N) is 1. The van der Waals surface area contributed by atoms with E-state index in [4.69, 9.17) is 0 Å². The SMILES string of the molecule is CC(C=Cc1ccccc1)N=C=S. The first-order valence-electron chi connectivity index (χ1n) is 4.13. The number of hydrogen-bond acceptors (Lipinski definition) is 2. The van der Waals surface area contributed by atoms with Crippen molar-refractivity contribution in [2.75, 3.05) is 0 Å². The summed E-state index contributed by atoms with van der Waals surface area (Å²) in [6.45, 7) is 1.97. The monoisotopic (exact) mass is 189 g/mol. The average molecular weight is 189 g/mol. The molecule has 0 spiro atoms. The Morgan fingerprint density at radius 3 is 2.69 bits per heavy atom. The Kier molecular flexibility index (Phi) is 4.10. The van der Waals surface area contributed by atoms with Gasteiger partial charge in [0.25, 0.3) is 0 Å². The molecular formula is C11H11NS. The molecule has 0 aliphatic rings. The van der Waals surface area contributed by atoms with Gasteiger partial charge in [0.05, 0.1) is 11.2 Å². The molecule has 0 aromatic heterocycles. The van der Waals surface area contributed by atoms with Crippen molar-refractivity contribution in [3.05, 3.63) is 42.0 Å². The van der Waals surface area contributed by atoms with Crippen LogP contribution < -0.4 is 0 Å². The summed E-state index contributed by atoms with van der Waals surface area (Å²) in [4.78, 5) is 3.92. The summed E-state index contributed by atoms with van der Waals surface area (Å²) in [6, 6.07) is 10.2. The number of rotatable bonds is 3. The lowest BCUT2D eigenvalue weighted by Gasteiger charge is -1.94. The number of isothiocyanates is 1. The summed E-state index contributed by atoms with van der Waals surface area (Å²) in [7, 11) is 0. The van der Waals surface area contributed by atoms with E-state index in [1.807, 2.05) is 49.4 Å². The molecule has 0 fully saturated rings. The van der Waals surface area contributed by atoms with Crippen molar-refractivity contribution in [1.29, 1.82) is 0 Å². The first-order chi connectivity index (χ1) is 6.33. The van der Waals surface area contributed by atoms with Crippen molar-refractivity contribution in [3.63, 3.8) is 0 Å². The summed E-state index contributed by atoms with van der Waals surface area (Å²) in [6.07, 6.45) is 4.02. The topological polar surface area (TPSA) is 12.4 Å². The van der Waals surface area contributed by atoms with Gasteiger partial charge in [-0.15, -0.1) is 0 Å². The molecular weight excluding hydrogens is 178 g/mol. The van der Waals surface area contributed by atoms with Crippen LogP contribution in [0.1, 0.15) is 12.5 Å². The molecule has 13 heavy (non-hydrogen) atoms. The second-order valence-electron chi connectivity index (χ2n) is 2.73. The molecule has 1 nitrogen and oxygen atoms in total. The minimum Gasteiger partial charge on any atom is -0.225 e. The van der Waals surface area contributed by atoms with E-state index < -0.39 is 0 Å². The Bertz CT molecular complexity index is 323. The number of aliphatic imine (C=N–C) groups is 1. The standard InChI is InChI=1S/C11H11NS/c1-10(12-9-13)7-8-11-5-3-2-4-6-11/h2-8,10H,1H3. The summed E-state index contributed by atoms with van der Waals surface area (Å²) in [5.41, 5.74) is 1.17. The molecule has 0 heterocycles. The van der Waals surface area contributed by atoms with Crippen LogP contribution in [0.15, 0.2) is 41.4 Å². The van der Waals surface area contributed by atoms with E-state index in [9.17, 15) is 0 Å². The van der Waals surface area contributed by atoms with Crippen LogP contribution in [0, 0.1) is 0 Å². The Morgan fingerprint density at radius 1 is 1.38 bits per heavy atom. The van der Waals surface area contributed by atoms with Gasteiger partial charge in [-0.25, -0.2) is 4.99 Å². The van der Waals surface area contributed by atoms with Crippen LogP contribution in [-0.2, 0) is 0 Å². The summed E-state index contributed by atoms with van der Waals surface area (Å²) in [5, 5.41) is 2.36. The van der Waals surface area contributed by atoms with Crippen molar-refractivity contribution in [2.24, 2.45) is 4.99 Å². The lowest BCUT2D eigenvalue weighted by molar-refractivity contribution is 0.941. The van der Waals surface area contributed by atoms with Gasteiger partial charge in [0.2, 0.25) is 0 Å². The Hall–Kier alpha value is -1.24. The van der Waals surface area contributed by atoms with Crippen LogP contribution in [0.25, 0.3) is 6.08 Å². The highest BCUT2D eigenvalue weighted by Gasteiger charge is 1.89. The van der Waals surface area contributed by atoms with Crippen molar-refractivity contribution in [2.45, 2.75) is 13.0 Å². The second kappa shape index (κ2) is 5.41. The molecule has 1 rings (SSSR count). The third-order valence-electron chi connectivity index (χ3n) is 1.62. The second-order valence-corrected chi connectivity index (χ2v) is 2.91. The van der Waals surface area contributed by atoms with Gasteiger partial charge < -0.3 is 0 Å². The summed E-state index contributed by atoms with van der Waals surface area (Å²) in [5.74, 6) is 0. The zero-order chi connectivity index (χ0) is 9.52. The maximum Gasteiger partial charge on any atom is 0.0758 e. The first-order valence-corrected chi connectivity index (χ1v) is 4.54. The van der Waals surface area contributed by atoms with Gasteiger partial charge in [-0.1, -0.05) is 42.5 Å². The van der Waals surface area contributed by atoms with Gasteiger partial charge in [0.1, 0.15) is 0 Å². The molecule has 66 valence electrons. The van der Waals surface area contributed by atoms with Crippen LogP contribution >= 0.6 is 12.2 Å². The van der Waals surface area contributed by atoms with Crippen molar-refractivity contribution >= 4 is 23.5 Å². The predicted octanol–water partition coefficient (Wildman–Crippen LogP) is 3.19. The fraction of sp³-hybridized carbons (Fsp3) is 0.182. The maximum absolute atomic E-state index is 4.51. The molecule has 0 N–H and O–H groups in total. The number of benzene rings is 1. The average Bonchev–Trinajstić information content (AvgIpc) is 2.17. The van der Waals surface area contributed by atoms with Crippen molar-refractivity contribution in [1.82, 2.24) is 0 Å². The van der Waals surface area contributed by atoms with Crippen LogP contribution in [0.5, 0.6) is 0 Å². The fourth-order valence-corrected chi connectivity index (χ4v) is 1.11. The first kappa shape index (κ1) is 9.85. The zero-order valence-corrected chi connectivity index (χ0v) is 8.29. The van der Waals surface area contributed by atoms with E-state index in [2.05, 4.69) is 22.4 Å². The molecule has 0 aliphatic heterocycles. The zero-order valence-electron chi connectivity index (χ0n) is 7.47. The van der Waals surface area contributed by atoms with E-state index in [-0.39, 0.29) is 6.04 Å². The third kappa shape index (κ3) is 3.79. The quantitative estimate of drug-likeness (QED) is 0.525. The van der Waals surface area contributed by atoms with Crippen molar-refractivity contribution < 1.29 is 0 Å².